The molecule has 0 aromatic heterocycles. The van der Waals surface area contributed by atoms with Gasteiger partial charge in [-0.2, -0.15) is 0 Å². The third kappa shape index (κ3) is 4.82. The number of hydrogen-bond acceptors (Lipinski definition) is 4. The van der Waals surface area contributed by atoms with Crippen LogP contribution in [0.1, 0.15) is 20.8 Å². The van der Waals surface area contributed by atoms with E-state index in [-0.39, 0.29) is 20.6 Å². The van der Waals surface area contributed by atoms with Crippen LogP contribution in [0, 0.1) is 0 Å². The van der Waals surface area contributed by atoms with E-state index >= 15 is 0 Å². The molecule has 0 aliphatic heterocycles. The fraction of sp³-hybridized carbons (Fsp3) is 0.364. The molecule has 20 heavy (non-hydrogen) atoms. The number of primary sulfonamides is 1. The van der Waals surface area contributed by atoms with Crippen LogP contribution in [-0.4, -0.2) is 20.1 Å². The molecule has 9 heteroatoms. The molecule has 1 rings (SSSR count). The lowest BCUT2D eigenvalue weighted by Crippen LogP contribution is -2.27. The summed E-state index contributed by atoms with van der Waals surface area (Å²) in [6, 6.07) is 2.25. The summed E-state index contributed by atoms with van der Waals surface area (Å²) in [5.41, 5.74) is -0.556. The number of nitrogens with two attached hydrogens (primary N) is 1. The molecule has 0 radical (unpaired) electrons. The number of anilines is 1. The molecule has 3 N–H and O–H groups in total. The number of nitrogens with one attached hydrogen (secondary N) is 1. The van der Waals surface area contributed by atoms with Crippen LogP contribution in [0.3, 0.4) is 0 Å². The normalized spacial score (nSPS) is 12.1. The largest absolute Gasteiger partial charge is 0.444 e. The Morgan fingerprint density at radius 1 is 1.25 bits per heavy atom. The lowest BCUT2D eigenvalue weighted by molar-refractivity contribution is 0.0636. The third-order valence-corrected chi connectivity index (χ3v) is 3.65. The predicted molar refractivity (Wildman–Crippen MR) is 77.7 cm³/mol. The first kappa shape index (κ1) is 17.0. The molecule has 0 saturated carbocycles. The molecule has 0 unspecified atom stereocenters. The summed E-state index contributed by atoms with van der Waals surface area (Å²) in [6.07, 6.45) is -0.737. The molecular formula is C11H14Cl2N2O4S. The number of ether oxygens (including phenoxy) is 1. The van der Waals surface area contributed by atoms with E-state index in [9.17, 15) is 13.2 Å². The van der Waals surface area contributed by atoms with Crippen LogP contribution in [0.25, 0.3) is 0 Å². The Morgan fingerprint density at radius 2 is 1.80 bits per heavy atom. The lowest BCUT2D eigenvalue weighted by atomic mass is 10.2. The van der Waals surface area contributed by atoms with Crippen molar-refractivity contribution in [2.75, 3.05) is 5.32 Å². The quantitative estimate of drug-likeness (QED) is 0.864. The number of carbonyl (C=O) groups excluding carboxylic acids is 1. The minimum Gasteiger partial charge on any atom is -0.444 e. The van der Waals surface area contributed by atoms with Gasteiger partial charge < -0.3 is 4.74 Å². The van der Waals surface area contributed by atoms with Crippen molar-refractivity contribution < 1.29 is 17.9 Å². The Balaban J connectivity index is 3.05. The van der Waals surface area contributed by atoms with Crippen molar-refractivity contribution in [2.45, 2.75) is 31.3 Å². The van der Waals surface area contributed by atoms with Gasteiger partial charge in [0.25, 0.3) is 0 Å². The minimum atomic E-state index is -3.99. The number of sulfonamides is 1. The number of benzene rings is 1. The summed E-state index contributed by atoms with van der Waals surface area (Å²) < 4.78 is 27.5. The van der Waals surface area contributed by atoms with E-state index in [1.165, 1.54) is 6.07 Å². The van der Waals surface area contributed by atoms with Gasteiger partial charge in [-0.3, -0.25) is 5.32 Å². The van der Waals surface area contributed by atoms with E-state index in [2.05, 4.69) is 5.32 Å². The van der Waals surface area contributed by atoms with Crippen LogP contribution >= 0.6 is 23.2 Å². The zero-order valence-electron chi connectivity index (χ0n) is 11.0. The molecule has 0 heterocycles. The summed E-state index contributed by atoms with van der Waals surface area (Å²) in [4.78, 5) is 11.3. The first-order valence-corrected chi connectivity index (χ1v) is 7.72. The highest BCUT2D eigenvalue weighted by Crippen LogP contribution is 2.31. The standard InChI is InChI=1S/C11H14Cl2N2O4S/c1-11(2,3)19-10(16)15-8-4-7(13)9(5-6(8)12)20(14,17)18/h4-5H,1-3H3,(H,15,16)(H2,14,17,18). The molecule has 1 amide bonds. The fourth-order valence-corrected chi connectivity index (χ4v) is 2.63. The molecule has 0 aliphatic carbocycles. The Kier molecular flexibility index (Phi) is 4.91. The second kappa shape index (κ2) is 5.77. The van der Waals surface area contributed by atoms with Gasteiger partial charge in [-0.15, -0.1) is 0 Å². The summed E-state index contributed by atoms with van der Waals surface area (Å²) in [7, 11) is -3.99. The molecule has 0 atom stereocenters. The van der Waals surface area contributed by atoms with Crippen molar-refractivity contribution in [1.82, 2.24) is 0 Å². The van der Waals surface area contributed by atoms with Crippen LogP contribution in [-0.2, 0) is 14.8 Å². The molecule has 0 spiro atoms. The van der Waals surface area contributed by atoms with Crippen LogP contribution in [0.5, 0.6) is 0 Å². The second-order valence-electron chi connectivity index (χ2n) is 4.93. The van der Waals surface area contributed by atoms with Crippen molar-refractivity contribution in [3.63, 3.8) is 0 Å². The predicted octanol–water partition coefficient (Wildman–Crippen LogP) is 2.99. The molecule has 0 bridgehead atoms. The monoisotopic (exact) mass is 340 g/mol. The maximum absolute atomic E-state index is 11.6. The van der Waals surface area contributed by atoms with Crippen molar-refractivity contribution >= 4 is 45.0 Å². The molecule has 112 valence electrons. The van der Waals surface area contributed by atoms with Crippen molar-refractivity contribution in [3.05, 3.63) is 22.2 Å². The molecule has 0 fully saturated rings. The number of hydrogen-bond donors (Lipinski definition) is 2. The average Bonchev–Trinajstić information content (AvgIpc) is 2.18. The Labute approximate surface area is 127 Å². The van der Waals surface area contributed by atoms with E-state index in [1.54, 1.807) is 20.8 Å². The van der Waals surface area contributed by atoms with Gasteiger partial charge in [0.15, 0.2) is 0 Å². The highest BCUT2D eigenvalue weighted by molar-refractivity contribution is 7.89. The van der Waals surface area contributed by atoms with Crippen molar-refractivity contribution in [1.29, 1.82) is 0 Å². The van der Waals surface area contributed by atoms with Gasteiger partial charge in [-0.25, -0.2) is 18.4 Å². The summed E-state index contributed by atoms with van der Waals surface area (Å²) in [5.74, 6) is 0. The van der Waals surface area contributed by atoms with E-state index < -0.39 is 21.7 Å². The van der Waals surface area contributed by atoms with E-state index in [4.69, 9.17) is 33.1 Å². The smallest absolute Gasteiger partial charge is 0.412 e. The number of halogens is 2. The van der Waals surface area contributed by atoms with Gasteiger partial charge in [0, 0.05) is 0 Å². The number of amides is 1. The van der Waals surface area contributed by atoms with Crippen LogP contribution in [0.4, 0.5) is 10.5 Å². The van der Waals surface area contributed by atoms with Crippen molar-refractivity contribution in [2.24, 2.45) is 5.14 Å². The van der Waals surface area contributed by atoms with E-state index in [0.717, 1.165) is 6.07 Å². The highest BCUT2D eigenvalue weighted by atomic mass is 35.5. The fourth-order valence-electron chi connectivity index (χ4n) is 1.26. The lowest BCUT2D eigenvalue weighted by Gasteiger charge is -2.20. The Bertz CT molecular complexity index is 639. The average molecular weight is 341 g/mol. The van der Waals surface area contributed by atoms with E-state index in [0.29, 0.717) is 0 Å². The van der Waals surface area contributed by atoms with Gasteiger partial charge in [0.05, 0.1) is 15.7 Å². The first-order chi connectivity index (χ1) is 8.90. The van der Waals surface area contributed by atoms with Gasteiger partial charge >= 0.3 is 6.09 Å². The van der Waals surface area contributed by atoms with Gasteiger partial charge in [-0.05, 0) is 32.9 Å². The highest BCUT2D eigenvalue weighted by Gasteiger charge is 2.20. The third-order valence-electron chi connectivity index (χ3n) is 1.96. The second-order valence-corrected chi connectivity index (χ2v) is 7.28. The number of rotatable bonds is 2. The summed E-state index contributed by atoms with van der Waals surface area (Å²) in [6.45, 7) is 5.10. The molecule has 0 saturated heterocycles. The zero-order chi connectivity index (χ0) is 15.7. The first-order valence-electron chi connectivity index (χ1n) is 5.42. The SMILES string of the molecule is CC(C)(C)OC(=O)Nc1cc(Cl)c(S(N)(=O)=O)cc1Cl. The Morgan fingerprint density at radius 3 is 2.25 bits per heavy atom. The van der Waals surface area contributed by atoms with Crippen LogP contribution < -0.4 is 10.5 Å². The van der Waals surface area contributed by atoms with Crippen molar-refractivity contribution in [3.8, 4) is 0 Å². The molecule has 1 aromatic carbocycles. The van der Waals surface area contributed by atoms with Gasteiger partial charge in [-0.1, -0.05) is 23.2 Å². The van der Waals surface area contributed by atoms with Gasteiger partial charge in [0.2, 0.25) is 10.0 Å². The topological polar surface area (TPSA) is 98.5 Å². The number of carbonyl (C=O) groups is 1. The Hall–Kier alpha value is -1.02. The van der Waals surface area contributed by atoms with Gasteiger partial charge in [0.1, 0.15) is 10.5 Å². The molecule has 1 aromatic rings. The minimum absolute atomic E-state index is 0.0238. The maximum Gasteiger partial charge on any atom is 0.412 e. The maximum atomic E-state index is 11.6. The summed E-state index contributed by atoms with van der Waals surface area (Å²) >= 11 is 11.7. The van der Waals surface area contributed by atoms with E-state index in [1.807, 2.05) is 0 Å². The molecule has 6 nitrogen and oxygen atoms in total. The molecular weight excluding hydrogens is 327 g/mol. The molecule has 0 aliphatic rings. The zero-order valence-corrected chi connectivity index (χ0v) is 13.4. The van der Waals surface area contributed by atoms with Crippen LogP contribution in [0.15, 0.2) is 17.0 Å². The summed E-state index contributed by atoms with van der Waals surface area (Å²) in [5, 5.41) is 7.18. The van der Waals surface area contributed by atoms with Crippen LogP contribution in [0.2, 0.25) is 10.0 Å².